The monoisotopic (exact) mass is 585 g/mol. The van der Waals surface area contributed by atoms with E-state index in [9.17, 15) is 9.59 Å². The summed E-state index contributed by atoms with van der Waals surface area (Å²) in [6, 6.07) is 31.6. The van der Waals surface area contributed by atoms with Gasteiger partial charge in [0.25, 0.3) is 0 Å². The maximum atomic E-state index is 12.6. The van der Waals surface area contributed by atoms with E-state index in [1.807, 2.05) is 36.7 Å². The number of benzene rings is 4. The van der Waals surface area contributed by atoms with Crippen LogP contribution in [-0.4, -0.2) is 46.6 Å². The summed E-state index contributed by atoms with van der Waals surface area (Å²) in [4.78, 5) is 24.4. The van der Waals surface area contributed by atoms with Gasteiger partial charge in [0.15, 0.2) is 0 Å². The molecule has 2 aromatic heterocycles. The molecule has 44 heavy (non-hydrogen) atoms. The first-order valence-corrected chi connectivity index (χ1v) is 14.8. The zero-order valence-electron chi connectivity index (χ0n) is 26.5. The lowest BCUT2D eigenvalue weighted by Crippen LogP contribution is -2.22. The van der Waals surface area contributed by atoms with Gasteiger partial charge in [-0.3, -0.25) is 4.79 Å². The lowest BCUT2D eigenvalue weighted by atomic mass is 10.0. The van der Waals surface area contributed by atoms with E-state index in [0.29, 0.717) is 6.61 Å². The zero-order valence-corrected chi connectivity index (χ0v) is 26.5. The number of carbonyl (C=O) groups is 2. The van der Waals surface area contributed by atoms with Crippen LogP contribution in [0.15, 0.2) is 97.2 Å². The molecule has 2 heterocycles. The summed E-state index contributed by atoms with van der Waals surface area (Å²) < 4.78 is 8.79. The number of hydrogen-bond acceptors (Lipinski definition) is 3. The van der Waals surface area contributed by atoms with Gasteiger partial charge in [-0.15, -0.1) is 0 Å². The number of rotatable bonds is 2. The van der Waals surface area contributed by atoms with Crippen molar-refractivity contribution in [2.45, 2.75) is 20.8 Å². The third kappa shape index (κ3) is 5.76. The van der Waals surface area contributed by atoms with Crippen LogP contribution < -0.4 is 0 Å². The number of aryl methyl sites for hydroxylation is 4. The van der Waals surface area contributed by atoms with Gasteiger partial charge in [0.05, 0.1) is 12.3 Å². The van der Waals surface area contributed by atoms with Gasteiger partial charge in [0.2, 0.25) is 5.78 Å². The standard InChI is InChI=1S/C17H13NO.C16H15N.C5H11NO2/c1-10-7-8-11-13(9-10)17(19)16-15(11)12-5-3-4-6-14(12)18(16)2;1-12-7-9-13(10-8-12)15-11-17(2)16-6-4-3-5-14(15)16;1-4-8-5(7)6(2)3/h3-9H,1-2H3;3-11H,1-2H3;4H2,1-3H3. The minimum absolute atomic E-state index is 0.146. The fourth-order valence-corrected chi connectivity index (χ4v) is 5.68. The quantitative estimate of drug-likeness (QED) is 0.204. The van der Waals surface area contributed by atoms with Crippen LogP contribution >= 0.6 is 0 Å². The van der Waals surface area contributed by atoms with Crippen LogP contribution in [0.1, 0.15) is 34.1 Å². The molecule has 7 rings (SSSR count). The number of ether oxygens (including phenoxy) is 1. The Morgan fingerprint density at radius 1 is 0.750 bits per heavy atom. The predicted octanol–water partition coefficient (Wildman–Crippen LogP) is 8.56. The van der Waals surface area contributed by atoms with E-state index >= 15 is 0 Å². The van der Waals surface area contributed by atoms with Crippen molar-refractivity contribution in [3.05, 3.63) is 120 Å². The summed E-state index contributed by atoms with van der Waals surface area (Å²) in [5, 5.41) is 2.48. The highest BCUT2D eigenvalue weighted by Gasteiger charge is 2.32. The molecule has 1 aliphatic rings. The van der Waals surface area contributed by atoms with Gasteiger partial charge >= 0.3 is 6.09 Å². The van der Waals surface area contributed by atoms with Crippen molar-refractivity contribution in [1.82, 2.24) is 14.0 Å². The predicted molar refractivity (Wildman–Crippen MR) is 180 cm³/mol. The Hall–Kier alpha value is -5.10. The molecule has 0 aliphatic heterocycles. The van der Waals surface area contributed by atoms with E-state index in [-0.39, 0.29) is 11.9 Å². The van der Waals surface area contributed by atoms with Crippen molar-refractivity contribution >= 4 is 33.7 Å². The molecule has 6 nitrogen and oxygen atoms in total. The molecule has 0 N–H and O–H groups in total. The third-order valence-electron chi connectivity index (χ3n) is 7.90. The van der Waals surface area contributed by atoms with Crippen LogP contribution in [-0.2, 0) is 18.8 Å². The van der Waals surface area contributed by atoms with E-state index in [1.54, 1.807) is 21.0 Å². The van der Waals surface area contributed by atoms with Gasteiger partial charge < -0.3 is 18.8 Å². The molecule has 0 bridgehead atoms. The normalized spacial score (nSPS) is 11.3. The highest BCUT2D eigenvalue weighted by molar-refractivity contribution is 6.26. The Morgan fingerprint density at radius 3 is 2.00 bits per heavy atom. The van der Waals surface area contributed by atoms with Crippen LogP contribution in [0.3, 0.4) is 0 Å². The number of para-hydroxylation sites is 2. The second-order valence-electron chi connectivity index (χ2n) is 11.3. The summed E-state index contributed by atoms with van der Waals surface area (Å²) in [5.74, 6) is 0.146. The van der Waals surface area contributed by atoms with Crippen LogP contribution in [0.4, 0.5) is 4.79 Å². The minimum Gasteiger partial charge on any atom is -0.450 e. The van der Waals surface area contributed by atoms with E-state index in [4.69, 9.17) is 0 Å². The van der Waals surface area contributed by atoms with Gasteiger partial charge in [-0.1, -0.05) is 83.9 Å². The van der Waals surface area contributed by atoms with Gasteiger partial charge in [-0.05, 0) is 50.1 Å². The summed E-state index contributed by atoms with van der Waals surface area (Å²) in [6.07, 6.45) is 1.92. The van der Waals surface area contributed by atoms with Gasteiger partial charge in [0, 0.05) is 72.9 Å². The maximum absolute atomic E-state index is 12.6. The smallest absolute Gasteiger partial charge is 0.409 e. The van der Waals surface area contributed by atoms with E-state index < -0.39 is 0 Å². The number of nitrogens with zero attached hydrogens (tertiary/aromatic N) is 3. The van der Waals surface area contributed by atoms with Crippen molar-refractivity contribution in [3.8, 4) is 22.3 Å². The molecular weight excluding hydrogens is 546 g/mol. The summed E-state index contributed by atoms with van der Waals surface area (Å²) in [6.45, 7) is 6.36. The molecule has 0 saturated heterocycles. The van der Waals surface area contributed by atoms with Crippen molar-refractivity contribution < 1.29 is 14.3 Å². The number of carbonyl (C=O) groups excluding carboxylic acids is 2. The van der Waals surface area contributed by atoms with E-state index in [2.05, 4.69) is 102 Å². The SMILES string of the molecule is CCOC(=O)N(C)C.Cc1ccc(-c2cn(C)c3ccccc23)cc1.Cc1ccc2c(c1)C(=O)c1c-2c2ccccc2n1C. The minimum atomic E-state index is -0.285. The number of ketones is 1. The Kier molecular flexibility index (Phi) is 8.72. The molecule has 0 atom stereocenters. The molecule has 0 spiro atoms. The Bertz CT molecular complexity index is 1980. The molecule has 224 valence electrons. The first-order valence-electron chi connectivity index (χ1n) is 14.8. The zero-order chi connectivity index (χ0) is 31.5. The first kappa shape index (κ1) is 30.4. The Morgan fingerprint density at radius 2 is 1.36 bits per heavy atom. The van der Waals surface area contributed by atoms with Crippen molar-refractivity contribution in [1.29, 1.82) is 0 Å². The topological polar surface area (TPSA) is 56.5 Å². The average Bonchev–Trinajstić information content (AvgIpc) is 3.62. The molecule has 4 aromatic carbocycles. The van der Waals surface area contributed by atoms with Crippen LogP contribution in [0, 0.1) is 13.8 Å². The first-order chi connectivity index (χ1) is 21.1. The summed E-state index contributed by atoms with van der Waals surface area (Å²) >= 11 is 0. The highest BCUT2D eigenvalue weighted by atomic mass is 16.5. The van der Waals surface area contributed by atoms with Gasteiger partial charge in [0.1, 0.15) is 0 Å². The highest BCUT2D eigenvalue weighted by Crippen LogP contribution is 2.43. The second kappa shape index (κ2) is 12.6. The number of amides is 1. The van der Waals surface area contributed by atoms with Gasteiger partial charge in [-0.25, -0.2) is 4.79 Å². The fourth-order valence-electron chi connectivity index (χ4n) is 5.68. The van der Waals surface area contributed by atoms with Crippen molar-refractivity contribution in [3.63, 3.8) is 0 Å². The van der Waals surface area contributed by atoms with Crippen molar-refractivity contribution in [2.24, 2.45) is 14.1 Å². The second-order valence-corrected chi connectivity index (χ2v) is 11.3. The molecule has 1 amide bonds. The largest absolute Gasteiger partial charge is 0.450 e. The molecule has 1 aliphatic carbocycles. The molecule has 6 aromatic rings. The lowest BCUT2D eigenvalue weighted by Gasteiger charge is -2.07. The maximum Gasteiger partial charge on any atom is 0.409 e. The fraction of sp³-hybridized carbons (Fsp3) is 0.211. The van der Waals surface area contributed by atoms with Crippen LogP contribution in [0.2, 0.25) is 0 Å². The van der Waals surface area contributed by atoms with Crippen molar-refractivity contribution in [2.75, 3.05) is 20.7 Å². The van der Waals surface area contributed by atoms with Crippen LogP contribution in [0.25, 0.3) is 44.1 Å². The molecule has 0 unspecified atom stereocenters. The number of aromatic nitrogens is 2. The molecule has 0 fully saturated rings. The van der Waals surface area contributed by atoms with Gasteiger partial charge in [-0.2, -0.15) is 0 Å². The number of fused-ring (bicyclic) bond motifs is 6. The summed E-state index contributed by atoms with van der Waals surface area (Å²) in [5.41, 5.74) is 11.2. The third-order valence-corrected chi connectivity index (χ3v) is 7.90. The molecule has 0 radical (unpaired) electrons. The number of hydrogen-bond donors (Lipinski definition) is 0. The molecular formula is C38H39N3O3. The lowest BCUT2D eigenvalue weighted by molar-refractivity contribution is 0.103. The summed E-state index contributed by atoms with van der Waals surface area (Å²) in [7, 11) is 7.37. The Labute approximate surface area is 259 Å². The average molecular weight is 586 g/mol. The van der Waals surface area contributed by atoms with Crippen LogP contribution in [0.5, 0.6) is 0 Å². The van der Waals surface area contributed by atoms with E-state index in [0.717, 1.165) is 38.9 Å². The molecule has 6 heteroatoms. The molecule has 0 saturated carbocycles. The van der Waals surface area contributed by atoms with E-state index in [1.165, 1.54) is 32.5 Å². The Balaban J connectivity index is 0.000000142.